The van der Waals surface area contributed by atoms with Crippen LogP contribution in [0.15, 0.2) is 152 Å². The zero-order valence-corrected chi connectivity index (χ0v) is 60.4. The van der Waals surface area contributed by atoms with Crippen molar-refractivity contribution in [2.75, 3.05) is 26.9 Å². The molecule has 0 aliphatic heterocycles. The van der Waals surface area contributed by atoms with Crippen LogP contribution in [0.25, 0.3) is 0 Å². The van der Waals surface area contributed by atoms with Gasteiger partial charge in [0.2, 0.25) is 0 Å². The second-order valence-corrected chi connectivity index (χ2v) is 27.8. The van der Waals surface area contributed by atoms with Crippen LogP contribution in [-0.4, -0.2) is 75.6 Å². The van der Waals surface area contributed by atoms with Crippen LogP contribution >= 0.6 is 0 Å². The summed E-state index contributed by atoms with van der Waals surface area (Å²) in [5.74, 6) is -0.118. The van der Waals surface area contributed by atoms with E-state index >= 15 is 0 Å². The standard InChI is InChI=1S/C86H132N2O8/c1-4-6-8-10-12-14-16-18-19-20-21-22-23-24-25-26-27-29-31-33-35-52-64-87-86(89)88-79(83(94-68-75-57-45-38-46-58-75)80(91-66-73-53-41-36-42-54-73)63-51-34-32-30-28-17-15-13-11-9-7-5-2)72-92-81-65-78(71-90-3)82(93-67-74-55-43-37-44-56-74)85(96-70-77-61-49-40-50-62-77)84(81)95-69-76-59-47-39-48-60-76/h36-50,53-62,78-85H,4-35,51-52,63-72H2,1-3H3,(H2,87,88,89)/t78-,79+,80-,81+,82+,83+,84+,85+/m1/s1. The molecule has 0 saturated heterocycles. The van der Waals surface area contributed by atoms with Crippen LogP contribution in [0, 0.1) is 5.92 Å². The zero-order valence-electron chi connectivity index (χ0n) is 60.4. The van der Waals surface area contributed by atoms with Gasteiger partial charge in [0.25, 0.3) is 0 Å². The first-order valence-corrected chi connectivity index (χ1v) is 39.0. The van der Waals surface area contributed by atoms with Crippen molar-refractivity contribution in [1.82, 2.24) is 10.6 Å². The molecule has 1 aliphatic rings. The summed E-state index contributed by atoms with van der Waals surface area (Å²) in [5.41, 5.74) is 5.32. The first-order chi connectivity index (χ1) is 47.5. The minimum absolute atomic E-state index is 0.118. The summed E-state index contributed by atoms with van der Waals surface area (Å²) < 4.78 is 49.2. The van der Waals surface area contributed by atoms with Crippen molar-refractivity contribution >= 4 is 6.03 Å². The smallest absolute Gasteiger partial charge is 0.315 e. The number of rotatable bonds is 59. The SMILES string of the molecule is CCCCCCCCCCCCCCCCCCCCCCCCNC(=O)N[C@@H](CO[C@H]1C[C@H](COC)[C@H](OCc2ccccc2)[C@H](OCc2ccccc2)[C@H]1OCc1ccccc1)[C@H](OCc1ccccc1)[C@@H](CCCCCCCCCCCCCC)OCc1ccccc1. The highest BCUT2D eigenvalue weighted by molar-refractivity contribution is 5.74. The van der Waals surface area contributed by atoms with Gasteiger partial charge in [-0.1, -0.05) is 377 Å². The average Bonchev–Trinajstić information content (AvgIpc) is 0.802. The number of unbranched alkanes of at least 4 members (excludes halogenated alkanes) is 32. The van der Waals surface area contributed by atoms with Crippen molar-refractivity contribution in [2.24, 2.45) is 5.92 Å². The quantitative estimate of drug-likeness (QED) is 0.0371. The number of hydrogen-bond acceptors (Lipinski definition) is 8. The molecule has 1 fully saturated rings. The van der Waals surface area contributed by atoms with Crippen molar-refractivity contribution in [2.45, 2.75) is 321 Å². The molecule has 1 saturated carbocycles. The highest BCUT2D eigenvalue weighted by atomic mass is 16.6. The molecule has 5 aromatic rings. The fourth-order valence-corrected chi connectivity index (χ4v) is 13.9. The molecule has 0 bridgehead atoms. The maximum atomic E-state index is 14.7. The van der Waals surface area contributed by atoms with E-state index in [1.807, 2.05) is 66.7 Å². The van der Waals surface area contributed by atoms with E-state index in [9.17, 15) is 4.79 Å². The van der Waals surface area contributed by atoms with Crippen LogP contribution in [0.4, 0.5) is 4.79 Å². The Morgan fingerprint density at radius 3 is 1.10 bits per heavy atom. The molecule has 0 heterocycles. The first kappa shape index (κ1) is 80.1. The van der Waals surface area contributed by atoms with Gasteiger partial charge in [-0.15, -0.1) is 0 Å². The molecule has 96 heavy (non-hydrogen) atoms. The molecule has 10 nitrogen and oxygen atoms in total. The fraction of sp³-hybridized carbons (Fsp3) is 0.640. The van der Waals surface area contributed by atoms with Gasteiger partial charge in [0.15, 0.2) is 0 Å². The van der Waals surface area contributed by atoms with Gasteiger partial charge < -0.3 is 43.8 Å². The lowest BCUT2D eigenvalue weighted by molar-refractivity contribution is -0.234. The maximum absolute atomic E-state index is 14.7. The Hall–Kier alpha value is -4.91. The van der Waals surface area contributed by atoms with E-state index in [1.165, 1.54) is 193 Å². The monoisotopic (exact) mass is 1320 g/mol. The molecular weight excluding hydrogens is 1190 g/mol. The van der Waals surface area contributed by atoms with Gasteiger partial charge in [-0.2, -0.15) is 0 Å². The van der Waals surface area contributed by atoms with Gasteiger partial charge in [0.1, 0.15) is 18.3 Å². The van der Waals surface area contributed by atoms with Crippen LogP contribution in [0.1, 0.15) is 273 Å². The minimum Gasteiger partial charge on any atom is -0.384 e. The molecule has 0 spiro atoms. The number of hydrogen-bond donors (Lipinski definition) is 2. The minimum atomic E-state index is -0.622. The third kappa shape index (κ3) is 35.7. The fourth-order valence-electron chi connectivity index (χ4n) is 13.9. The van der Waals surface area contributed by atoms with E-state index < -0.39 is 36.6 Å². The molecule has 534 valence electrons. The van der Waals surface area contributed by atoms with Crippen molar-refractivity contribution in [3.63, 3.8) is 0 Å². The van der Waals surface area contributed by atoms with Crippen molar-refractivity contribution in [3.05, 3.63) is 179 Å². The number of benzene rings is 5. The third-order valence-corrected chi connectivity index (χ3v) is 19.6. The van der Waals surface area contributed by atoms with E-state index in [2.05, 4.69) is 109 Å². The van der Waals surface area contributed by atoms with E-state index in [4.69, 9.17) is 33.2 Å². The molecule has 2 N–H and O–H groups in total. The van der Waals surface area contributed by atoms with Crippen LogP contribution in [-0.2, 0) is 66.2 Å². The molecular formula is C86H132N2O8. The second-order valence-electron chi connectivity index (χ2n) is 27.8. The number of nitrogens with one attached hydrogen (secondary N) is 2. The average molecular weight is 1320 g/mol. The van der Waals surface area contributed by atoms with E-state index in [-0.39, 0.29) is 24.7 Å². The summed E-state index contributed by atoms with van der Waals surface area (Å²) >= 11 is 0. The number of carbonyl (C=O) groups is 1. The van der Waals surface area contributed by atoms with Gasteiger partial charge in [0.05, 0.1) is 70.6 Å². The van der Waals surface area contributed by atoms with Crippen LogP contribution in [0.3, 0.4) is 0 Å². The largest absolute Gasteiger partial charge is 0.384 e. The lowest BCUT2D eigenvalue weighted by Gasteiger charge is -2.46. The van der Waals surface area contributed by atoms with Crippen LogP contribution < -0.4 is 10.6 Å². The Labute approximate surface area is 584 Å². The van der Waals surface area contributed by atoms with Crippen LogP contribution in [0.2, 0.25) is 0 Å². The summed E-state index contributed by atoms with van der Waals surface area (Å²) in [6, 6.07) is 50.9. The molecule has 2 amide bonds. The molecule has 10 heteroatoms. The molecule has 8 atom stereocenters. The number of urea groups is 1. The number of amides is 2. The van der Waals surface area contributed by atoms with Crippen molar-refractivity contribution in [1.29, 1.82) is 0 Å². The van der Waals surface area contributed by atoms with Crippen molar-refractivity contribution in [3.8, 4) is 0 Å². The van der Waals surface area contributed by atoms with E-state index in [0.717, 1.165) is 59.9 Å². The Morgan fingerprint density at radius 2 is 0.719 bits per heavy atom. The molecule has 5 aromatic carbocycles. The number of methoxy groups -OCH3 is 1. The molecule has 0 unspecified atom stereocenters. The van der Waals surface area contributed by atoms with Gasteiger partial charge in [-0.05, 0) is 47.1 Å². The molecule has 0 aromatic heterocycles. The predicted molar refractivity (Wildman–Crippen MR) is 398 cm³/mol. The lowest BCUT2D eigenvalue weighted by Crippen LogP contribution is -2.60. The Morgan fingerprint density at radius 1 is 0.385 bits per heavy atom. The Kier molecular flexibility index (Phi) is 45.0. The lowest BCUT2D eigenvalue weighted by atomic mass is 9.80. The highest BCUT2D eigenvalue weighted by Crippen LogP contribution is 2.36. The van der Waals surface area contributed by atoms with Gasteiger partial charge in [0, 0.05) is 19.6 Å². The molecule has 6 rings (SSSR count). The Balaban J connectivity index is 1.16. The van der Waals surface area contributed by atoms with Gasteiger partial charge in [-0.25, -0.2) is 4.79 Å². The maximum Gasteiger partial charge on any atom is 0.315 e. The number of carbonyl (C=O) groups excluding carboxylic acids is 1. The van der Waals surface area contributed by atoms with E-state index in [0.29, 0.717) is 52.6 Å². The zero-order chi connectivity index (χ0) is 67.2. The topological polar surface area (TPSA) is 106 Å². The second kappa shape index (κ2) is 54.0. The normalized spacial score (nSPS) is 17.3. The molecule has 1 aliphatic carbocycles. The summed E-state index contributed by atoms with van der Waals surface area (Å²) in [6.45, 7) is 7.59. The summed E-state index contributed by atoms with van der Waals surface area (Å²) in [7, 11) is 1.75. The first-order valence-electron chi connectivity index (χ1n) is 39.0. The molecule has 0 radical (unpaired) electrons. The number of ether oxygens (including phenoxy) is 7. The third-order valence-electron chi connectivity index (χ3n) is 19.6. The summed E-state index contributed by atoms with van der Waals surface area (Å²) in [6.07, 6.45) is 43.1. The van der Waals surface area contributed by atoms with Crippen LogP contribution in [0.5, 0.6) is 0 Å². The van der Waals surface area contributed by atoms with Gasteiger partial charge >= 0.3 is 6.03 Å². The van der Waals surface area contributed by atoms with E-state index in [1.54, 1.807) is 7.11 Å². The summed E-state index contributed by atoms with van der Waals surface area (Å²) in [4.78, 5) is 14.7. The summed E-state index contributed by atoms with van der Waals surface area (Å²) in [5, 5.41) is 6.79. The predicted octanol–water partition coefficient (Wildman–Crippen LogP) is 22.3. The Bertz CT molecular complexity index is 2550. The van der Waals surface area contributed by atoms with Gasteiger partial charge in [-0.3, -0.25) is 0 Å². The van der Waals surface area contributed by atoms with Crippen molar-refractivity contribution < 1.29 is 38.0 Å². The highest BCUT2D eigenvalue weighted by Gasteiger charge is 2.48.